The van der Waals surface area contributed by atoms with Gasteiger partial charge in [-0.05, 0) is 78.2 Å². The highest BCUT2D eigenvalue weighted by molar-refractivity contribution is 9.10. The number of nitrogens with zero attached hydrogens (tertiary/aromatic N) is 2. The summed E-state index contributed by atoms with van der Waals surface area (Å²) < 4.78 is 35.2. The number of hydrogen-bond donors (Lipinski definition) is 0. The van der Waals surface area contributed by atoms with E-state index in [1.54, 1.807) is 52.6 Å². The van der Waals surface area contributed by atoms with Crippen LogP contribution in [0.2, 0.25) is 10.0 Å². The van der Waals surface area contributed by atoms with Gasteiger partial charge in [0.05, 0.1) is 23.6 Å². The molecule has 1 saturated heterocycles. The zero-order valence-electron chi connectivity index (χ0n) is 19.8. The van der Waals surface area contributed by atoms with Crippen LogP contribution in [0.4, 0.5) is 0 Å². The van der Waals surface area contributed by atoms with Crippen LogP contribution < -0.4 is 0 Å². The summed E-state index contributed by atoms with van der Waals surface area (Å²) >= 11 is 17.8. The van der Waals surface area contributed by atoms with Crippen molar-refractivity contribution in [3.8, 4) is 0 Å². The second-order valence-corrected chi connectivity index (χ2v) is 13.8. The van der Waals surface area contributed by atoms with Crippen LogP contribution in [0.25, 0.3) is 0 Å². The number of thiophene rings is 1. The molecule has 37 heavy (non-hydrogen) atoms. The highest BCUT2D eigenvalue weighted by Crippen LogP contribution is 2.41. The van der Waals surface area contributed by atoms with Gasteiger partial charge in [-0.15, -0.1) is 11.3 Å². The molecule has 0 bridgehead atoms. The fraction of sp³-hybridized carbons (Fsp3) is 0.346. The lowest BCUT2D eigenvalue weighted by Gasteiger charge is -2.38. The first kappa shape index (κ1) is 27.1. The van der Waals surface area contributed by atoms with Gasteiger partial charge in [-0.3, -0.25) is 4.79 Å². The predicted molar refractivity (Wildman–Crippen MR) is 150 cm³/mol. The Hall–Kier alpha value is -1.46. The van der Waals surface area contributed by atoms with Gasteiger partial charge in [0.1, 0.15) is 0 Å². The molecule has 196 valence electrons. The third-order valence-corrected chi connectivity index (χ3v) is 10.7. The first-order valence-electron chi connectivity index (χ1n) is 11.9. The number of ether oxygens (including phenoxy) is 1. The van der Waals surface area contributed by atoms with Crippen LogP contribution >= 0.6 is 50.5 Å². The van der Waals surface area contributed by atoms with Crippen LogP contribution in [0, 0.1) is 0 Å². The fourth-order valence-electron chi connectivity index (χ4n) is 4.90. The van der Waals surface area contributed by atoms with E-state index in [4.69, 9.17) is 27.9 Å². The third kappa shape index (κ3) is 5.78. The summed E-state index contributed by atoms with van der Waals surface area (Å²) in [7, 11) is -3.94. The molecule has 6 nitrogen and oxygen atoms in total. The molecule has 2 atom stereocenters. The second kappa shape index (κ2) is 11.3. The highest BCUT2D eigenvalue weighted by Gasteiger charge is 2.37. The van der Waals surface area contributed by atoms with Crippen LogP contribution in [0.3, 0.4) is 0 Å². The van der Waals surface area contributed by atoms with E-state index in [-0.39, 0.29) is 30.0 Å². The molecule has 0 saturated carbocycles. The van der Waals surface area contributed by atoms with Gasteiger partial charge < -0.3 is 9.64 Å². The molecule has 1 fully saturated rings. The van der Waals surface area contributed by atoms with Crippen molar-refractivity contribution >= 4 is 66.4 Å². The van der Waals surface area contributed by atoms with E-state index < -0.39 is 16.1 Å². The molecule has 1 amide bonds. The van der Waals surface area contributed by atoms with Crippen LogP contribution in [-0.2, 0) is 26.0 Å². The Labute approximate surface area is 239 Å². The van der Waals surface area contributed by atoms with E-state index in [0.717, 1.165) is 28.4 Å². The van der Waals surface area contributed by atoms with Gasteiger partial charge in [-0.2, -0.15) is 4.31 Å². The summed E-state index contributed by atoms with van der Waals surface area (Å²) in [5, 5.41) is 2.99. The van der Waals surface area contributed by atoms with Crippen LogP contribution in [0.5, 0.6) is 0 Å². The normalized spacial score (nSPS) is 19.8. The molecule has 3 heterocycles. The molecule has 2 aliphatic heterocycles. The van der Waals surface area contributed by atoms with E-state index in [2.05, 4.69) is 15.9 Å². The summed E-state index contributed by atoms with van der Waals surface area (Å²) in [5.41, 5.74) is 1.77. The molecule has 2 aliphatic rings. The average Bonchev–Trinajstić information content (AvgIpc) is 3.55. The predicted octanol–water partition coefficient (Wildman–Crippen LogP) is 6.16. The molecule has 0 radical (unpaired) electrons. The Kier molecular flexibility index (Phi) is 8.31. The van der Waals surface area contributed by atoms with Crippen LogP contribution in [0.1, 0.15) is 34.9 Å². The Morgan fingerprint density at radius 1 is 1.14 bits per heavy atom. The summed E-state index contributed by atoms with van der Waals surface area (Å²) in [6.45, 7) is 0.879. The molecule has 0 spiro atoms. The maximum atomic E-state index is 13.9. The minimum Gasteiger partial charge on any atom is -0.377 e. The number of carbonyl (C=O) groups excluding carboxylic acids is 1. The number of amides is 1. The maximum absolute atomic E-state index is 13.9. The molecular weight excluding hydrogens is 619 g/mol. The largest absolute Gasteiger partial charge is 0.377 e. The number of sulfonamides is 1. The number of benzene rings is 2. The first-order valence-corrected chi connectivity index (χ1v) is 15.8. The van der Waals surface area contributed by atoms with Crippen molar-refractivity contribution < 1.29 is 17.9 Å². The van der Waals surface area contributed by atoms with Crippen molar-refractivity contribution in [1.82, 2.24) is 9.21 Å². The molecule has 2 aromatic carbocycles. The summed E-state index contributed by atoms with van der Waals surface area (Å²) in [6, 6.07) is 13.3. The van der Waals surface area contributed by atoms with Crippen molar-refractivity contribution in [3.05, 3.63) is 84.4 Å². The number of rotatable bonds is 7. The second-order valence-electron chi connectivity index (χ2n) is 9.09. The Bertz CT molecular complexity index is 1390. The van der Waals surface area contributed by atoms with Crippen molar-refractivity contribution in [2.75, 3.05) is 26.2 Å². The fourth-order valence-corrected chi connectivity index (χ4v) is 8.01. The first-order chi connectivity index (χ1) is 17.7. The third-order valence-electron chi connectivity index (χ3n) is 6.74. The monoisotopic (exact) mass is 642 g/mol. The van der Waals surface area contributed by atoms with Crippen molar-refractivity contribution in [2.24, 2.45) is 0 Å². The lowest BCUT2D eigenvalue weighted by atomic mass is 9.93. The minimum atomic E-state index is -3.94. The van der Waals surface area contributed by atoms with Gasteiger partial charge in [-0.25, -0.2) is 8.42 Å². The number of fused-ring (bicyclic) bond motifs is 1. The highest BCUT2D eigenvalue weighted by atomic mass is 79.9. The average molecular weight is 644 g/mol. The smallest absolute Gasteiger partial charge is 0.243 e. The standard InChI is InChI=1S/C26H25BrCl2N2O4S2/c27-17-3-6-20(7-4-17)37(33,34)30(15-19-2-1-12-35-19)16-25(32)31-11-9-24-22(10-13-36-24)26(31)21-8-5-18(28)14-23(21)29/h3-8,10,13-14,19,26H,1-2,9,11-12,15-16H2. The van der Waals surface area contributed by atoms with Gasteiger partial charge in [0.15, 0.2) is 0 Å². The molecule has 3 aromatic rings. The van der Waals surface area contributed by atoms with Gasteiger partial charge in [0.25, 0.3) is 0 Å². The molecule has 0 aliphatic carbocycles. The lowest BCUT2D eigenvalue weighted by Crippen LogP contribution is -2.48. The number of carbonyl (C=O) groups is 1. The molecule has 1 aromatic heterocycles. The minimum absolute atomic E-state index is 0.119. The molecule has 2 unspecified atom stereocenters. The van der Waals surface area contributed by atoms with E-state index in [0.29, 0.717) is 29.6 Å². The topological polar surface area (TPSA) is 66.9 Å². The Morgan fingerprint density at radius 2 is 1.92 bits per heavy atom. The quantitative estimate of drug-likeness (QED) is 0.309. The summed E-state index contributed by atoms with van der Waals surface area (Å²) in [5.74, 6) is -0.286. The molecule has 11 heteroatoms. The van der Waals surface area contributed by atoms with Crippen LogP contribution in [0.15, 0.2) is 63.3 Å². The van der Waals surface area contributed by atoms with Gasteiger partial charge in [0.2, 0.25) is 15.9 Å². The Balaban J connectivity index is 1.48. The van der Waals surface area contributed by atoms with Crippen LogP contribution in [-0.4, -0.2) is 55.9 Å². The SMILES string of the molecule is O=C(CN(CC1CCCO1)S(=O)(=O)c1ccc(Br)cc1)N1CCc2sccc2C1c1ccc(Cl)cc1Cl. The lowest BCUT2D eigenvalue weighted by molar-refractivity contribution is -0.133. The zero-order valence-corrected chi connectivity index (χ0v) is 24.5. The van der Waals surface area contributed by atoms with Gasteiger partial charge in [-0.1, -0.05) is 45.2 Å². The van der Waals surface area contributed by atoms with Crippen molar-refractivity contribution in [1.29, 1.82) is 0 Å². The van der Waals surface area contributed by atoms with E-state index in [1.165, 1.54) is 9.18 Å². The van der Waals surface area contributed by atoms with Gasteiger partial charge in [0, 0.05) is 39.1 Å². The molecule has 5 rings (SSSR count). The molecule has 0 N–H and O–H groups in total. The van der Waals surface area contributed by atoms with Crippen molar-refractivity contribution in [2.45, 2.75) is 36.3 Å². The summed E-state index contributed by atoms with van der Waals surface area (Å²) in [4.78, 5) is 17.0. The van der Waals surface area contributed by atoms with E-state index in [1.807, 2.05) is 17.5 Å². The molecular formula is C26H25BrCl2N2O4S2. The zero-order chi connectivity index (χ0) is 26.2. The summed E-state index contributed by atoms with van der Waals surface area (Å²) in [6.07, 6.45) is 2.08. The van der Waals surface area contributed by atoms with E-state index in [9.17, 15) is 13.2 Å². The van der Waals surface area contributed by atoms with Gasteiger partial charge >= 0.3 is 0 Å². The number of hydrogen-bond acceptors (Lipinski definition) is 5. The van der Waals surface area contributed by atoms with Crippen molar-refractivity contribution in [3.63, 3.8) is 0 Å². The number of halogens is 3. The Morgan fingerprint density at radius 3 is 2.62 bits per heavy atom. The maximum Gasteiger partial charge on any atom is 0.243 e. The van der Waals surface area contributed by atoms with E-state index >= 15 is 0 Å².